The normalized spacial score (nSPS) is 10.1. The summed E-state index contributed by atoms with van der Waals surface area (Å²) in [4.78, 5) is 20.3. The van der Waals surface area contributed by atoms with Gasteiger partial charge in [-0.1, -0.05) is 0 Å². The van der Waals surface area contributed by atoms with Crippen molar-refractivity contribution in [2.24, 2.45) is 0 Å². The molecule has 0 amide bonds. The number of rotatable bonds is 3. The van der Waals surface area contributed by atoms with Crippen LogP contribution in [0.3, 0.4) is 0 Å². The van der Waals surface area contributed by atoms with E-state index in [1.54, 1.807) is 31.5 Å². The molecule has 2 rings (SSSR count). The molecule has 0 bridgehead atoms. The highest BCUT2D eigenvalue weighted by Crippen LogP contribution is 2.22. The smallest absolute Gasteiger partial charge is 0.340 e. The molecular formula is C14H14N2O2. The van der Waals surface area contributed by atoms with Gasteiger partial charge in [0.15, 0.2) is 0 Å². The maximum absolute atomic E-state index is 11.9. The van der Waals surface area contributed by atoms with Gasteiger partial charge in [-0.2, -0.15) is 0 Å². The van der Waals surface area contributed by atoms with E-state index >= 15 is 0 Å². The summed E-state index contributed by atoms with van der Waals surface area (Å²) < 4.78 is 5.04. The number of esters is 1. The van der Waals surface area contributed by atoms with Crippen molar-refractivity contribution in [2.75, 3.05) is 6.61 Å². The van der Waals surface area contributed by atoms with Crippen molar-refractivity contribution in [1.29, 1.82) is 0 Å². The van der Waals surface area contributed by atoms with Gasteiger partial charge in [-0.3, -0.25) is 9.97 Å². The number of nitrogens with zero attached hydrogens (tertiary/aromatic N) is 2. The predicted octanol–water partition coefficient (Wildman–Crippen LogP) is 2.63. The lowest BCUT2D eigenvalue weighted by Gasteiger charge is -2.08. The Kier molecular flexibility index (Phi) is 3.67. The molecule has 0 spiro atoms. The Morgan fingerprint density at radius 3 is 2.61 bits per heavy atom. The van der Waals surface area contributed by atoms with Crippen LogP contribution in [0.1, 0.15) is 23.0 Å². The van der Waals surface area contributed by atoms with Crippen LogP contribution in [0.4, 0.5) is 0 Å². The van der Waals surface area contributed by atoms with Crippen molar-refractivity contribution in [2.45, 2.75) is 13.8 Å². The molecule has 4 heteroatoms. The lowest BCUT2D eigenvalue weighted by molar-refractivity contribution is 0.0527. The van der Waals surface area contributed by atoms with E-state index < -0.39 is 0 Å². The van der Waals surface area contributed by atoms with Crippen molar-refractivity contribution in [3.05, 3.63) is 47.9 Å². The molecule has 18 heavy (non-hydrogen) atoms. The third kappa shape index (κ3) is 2.53. The maximum atomic E-state index is 11.9. The highest BCUT2D eigenvalue weighted by molar-refractivity contribution is 5.96. The summed E-state index contributed by atoms with van der Waals surface area (Å²) in [5.41, 5.74) is 2.83. The second-order valence-electron chi connectivity index (χ2n) is 3.81. The summed E-state index contributed by atoms with van der Waals surface area (Å²) in [7, 11) is 0. The monoisotopic (exact) mass is 242 g/mol. The highest BCUT2D eigenvalue weighted by atomic mass is 16.5. The van der Waals surface area contributed by atoms with Crippen LogP contribution in [0.5, 0.6) is 0 Å². The third-order valence-corrected chi connectivity index (χ3v) is 2.48. The van der Waals surface area contributed by atoms with E-state index in [0.717, 1.165) is 11.3 Å². The first kappa shape index (κ1) is 12.2. The van der Waals surface area contributed by atoms with Crippen LogP contribution >= 0.6 is 0 Å². The fraction of sp³-hybridized carbons (Fsp3) is 0.214. The van der Waals surface area contributed by atoms with E-state index in [4.69, 9.17) is 4.74 Å². The van der Waals surface area contributed by atoms with E-state index in [1.165, 1.54) is 0 Å². The minimum Gasteiger partial charge on any atom is -0.462 e. The van der Waals surface area contributed by atoms with Crippen molar-refractivity contribution in [1.82, 2.24) is 9.97 Å². The van der Waals surface area contributed by atoms with Gasteiger partial charge in [0, 0.05) is 23.7 Å². The van der Waals surface area contributed by atoms with Gasteiger partial charge < -0.3 is 4.74 Å². The average Bonchev–Trinajstić information content (AvgIpc) is 2.40. The largest absolute Gasteiger partial charge is 0.462 e. The molecular weight excluding hydrogens is 228 g/mol. The van der Waals surface area contributed by atoms with Crippen molar-refractivity contribution in [3.8, 4) is 11.3 Å². The molecule has 0 fully saturated rings. The number of carbonyl (C=O) groups excluding carboxylic acids is 1. The van der Waals surface area contributed by atoms with Crippen LogP contribution in [0.15, 0.2) is 36.7 Å². The van der Waals surface area contributed by atoms with Crippen molar-refractivity contribution in [3.63, 3.8) is 0 Å². The SMILES string of the molecule is CCOC(=O)c1ccc(C)nc1-c1ccncc1. The van der Waals surface area contributed by atoms with Gasteiger partial charge in [-0.15, -0.1) is 0 Å². The first-order valence-electron chi connectivity index (χ1n) is 5.77. The first-order valence-corrected chi connectivity index (χ1v) is 5.77. The molecule has 0 aliphatic carbocycles. The number of aryl methyl sites for hydroxylation is 1. The van der Waals surface area contributed by atoms with Crippen LogP contribution in [0.2, 0.25) is 0 Å². The quantitative estimate of drug-likeness (QED) is 0.776. The first-order chi connectivity index (χ1) is 8.72. The van der Waals surface area contributed by atoms with E-state index in [0.29, 0.717) is 17.9 Å². The summed E-state index contributed by atoms with van der Waals surface area (Å²) in [6, 6.07) is 7.20. The number of aromatic nitrogens is 2. The van der Waals surface area contributed by atoms with Crippen LogP contribution in [-0.2, 0) is 4.74 Å². The topological polar surface area (TPSA) is 52.1 Å². The Hall–Kier alpha value is -2.23. The Morgan fingerprint density at radius 2 is 1.94 bits per heavy atom. The van der Waals surface area contributed by atoms with Gasteiger partial charge in [0.25, 0.3) is 0 Å². The Labute approximate surface area is 106 Å². The lowest BCUT2D eigenvalue weighted by Crippen LogP contribution is -2.08. The van der Waals surface area contributed by atoms with Gasteiger partial charge in [0.2, 0.25) is 0 Å². The fourth-order valence-corrected chi connectivity index (χ4v) is 1.66. The number of pyridine rings is 2. The molecule has 0 atom stereocenters. The minimum absolute atomic E-state index is 0.350. The molecule has 0 aliphatic rings. The molecule has 0 aliphatic heterocycles. The van der Waals surface area contributed by atoms with Gasteiger partial charge in [0.05, 0.1) is 17.9 Å². The number of hydrogen-bond acceptors (Lipinski definition) is 4. The molecule has 0 saturated carbocycles. The zero-order valence-electron chi connectivity index (χ0n) is 10.4. The predicted molar refractivity (Wildman–Crippen MR) is 68.2 cm³/mol. The molecule has 2 heterocycles. The van der Waals surface area contributed by atoms with Crippen LogP contribution < -0.4 is 0 Å². The maximum Gasteiger partial charge on any atom is 0.340 e. The minimum atomic E-state index is -0.350. The standard InChI is InChI=1S/C14H14N2O2/c1-3-18-14(17)12-5-4-10(2)16-13(12)11-6-8-15-9-7-11/h4-9H,3H2,1-2H3. The van der Waals surface area contributed by atoms with Crippen molar-refractivity contribution < 1.29 is 9.53 Å². The summed E-state index contributed by atoms with van der Waals surface area (Å²) in [6.45, 7) is 4.02. The Balaban J connectivity index is 2.51. The van der Waals surface area contributed by atoms with E-state index in [9.17, 15) is 4.79 Å². The second kappa shape index (κ2) is 5.40. The van der Waals surface area contributed by atoms with Crippen LogP contribution in [-0.4, -0.2) is 22.5 Å². The van der Waals surface area contributed by atoms with Gasteiger partial charge in [-0.25, -0.2) is 4.79 Å². The number of ether oxygens (including phenoxy) is 1. The molecule has 0 aromatic carbocycles. The molecule has 2 aromatic rings. The second-order valence-corrected chi connectivity index (χ2v) is 3.81. The third-order valence-electron chi connectivity index (χ3n) is 2.48. The summed E-state index contributed by atoms with van der Waals surface area (Å²) in [5.74, 6) is -0.350. The van der Waals surface area contributed by atoms with Crippen LogP contribution in [0.25, 0.3) is 11.3 Å². The van der Waals surface area contributed by atoms with Crippen molar-refractivity contribution >= 4 is 5.97 Å². The molecule has 92 valence electrons. The fourth-order valence-electron chi connectivity index (χ4n) is 1.66. The molecule has 0 N–H and O–H groups in total. The average molecular weight is 242 g/mol. The van der Waals surface area contributed by atoms with E-state index in [2.05, 4.69) is 9.97 Å². The highest BCUT2D eigenvalue weighted by Gasteiger charge is 2.15. The Bertz CT molecular complexity index is 553. The lowest BCUT2D eigenvalue weighted by atomic mass is 10.1. The zero-order chi connectivity index (χ0) is 13.0. The summed E-state index contributed by atoms with van der Waals surface area (Å²) in [6.07, 6.45) is 3.35. The Morgan fingerprint density at radius 1 is 1.22 bits per heavy atom. The zero-order valence-corrected chi connectivity index (χ0v) is 10.4. The van der Waals surface area contributed by atoms with E-state index in [-0.39, 0.29) is 5.97 Å². The number of carbonyl (C=O) groups is 1. The van der Waals surface area contributed by atoms with Crippen LogP contribution in [0, 0.1) is 6.92 Å². The summed E-state index contributed by atoms with van der Waals surface area (Å²) >= 11 is 0. The molecule has 0 unspecified atom stereocenters. The summed E-state index contributed by atoms with van der Waals surface area (Å²) in [5, 5.41) is 0. The van der Waals surface area contributed by atoms with Gasteiger partial charge in [-0.05, 0) is 38.1 Å². The molecule has 0 radical (unpaired) electrons. The van der Waals surface area contributed by atoms with Gasteiger partial charge >= 0.3 is 5.97 Å². The molecule has 2 aromatic heterocycles. The van der Waals surface area contributed by atoms with Gasteiger partial charge in [0.1, 0.15) is 0 Å². The number of hydrogen-bond donors (Lipinski definition) is 0. The molecule has 0 saturated heterocycles. The van der Waals surface area contributed by atoms with E-state index in [1.807, 2.05) is 19.1 Å². The molecule has 4 nitrogen and oxygen atoms in total.